The molecule has 0 aliphatic carbocycles. The first-order chi connectivity index (χ1) is 12.6. The highest BCUT2D eigenvalue weighted by Gasteiger charge is 2.24. The van der Waals surface area contributed by atoms with Crippen molar-refractivity contribution >= 4 is 28.0 Å². The van der Waals surface area contributed by atoms with Gasteiger partial charge in [0.05, 0.1) is 23.1 Å². The number of para-hydroxylation sites is 2. The zero-order valence-electron chi connectivity index (χ0n) is 14.5. The van der Waals surface area contributed by atoms with Crippen LogP contribution in [0, 0.1) is 13.8 Å². The van der Waals surface area contributed by atoms with E-state index in [1.807, 2.05) is 48.2 Å². The Bertz CT molecular complexity index is 1190. The van der Waals surface area contributed by atoms with Gasteiger partial charge in [-0.2, -0.15) is 0 Å². The van der Waals surface area contributed by atoms with Crippen molar-refractivity contribution in [3.8, 4) is 5.75 Å². The van der Waals surface area contributed by atoms with E-state index >= 15 is 0 Å². The molecule has 6 nitrogen and oxygen atoms in total. The molecule has 4 aromatic rings. The van der Waals surface area contributed by atoms with Crippen molar-refractivity contribution in [2.75, 3.05) is 11.6 Å². The van der Waals surface area contributed by atoms with E-state index in [0.717, 1.165) is 39.2 Å². The molecule has 0 saturated carbocycles. The van der Waals surface area contributed by atoms with Crippen LogP contribution in [0.15, 0.2) is 45.6 Å². The number of nitrogens with one attached hydrogen (secondary N) is 1. The first kappa shape index (κ1) is 15.0. The summed E-state index contributed by atoms with van der Waals surface area (Å²) in [5, 5.41) is 0.941. The van der Waals surface area contributed by atoms with E-state index in [1.165, 1.54) is 0 Å². The number of aromatic amines is 1. The third-order valence-electron chi connectivity index (χ3n) is 5.09. The zero-order valence-corrected chi connectivity index (χ0v) is 14.5. The van der Waals surface area contributed by atoms with Crippen LogP contribution in [0.5, 0.6) is 5.75 Å². The molecule has 0 amide bonds. The first-order valence-electron chi connectivity index (χ1n) is 8.50. The molecule has 5 rings (SSSR count). The minimum absolute atomic E-state index is 0.302. The van der Waals surface area contributed by atoms with Crippen LogP contribution >= 0.6 is 0 Å². The van der Waals surface area contributed by atoms with E-state index in [4.69, 9.17) is 9.15 Å². The van der Waals surface area contributed by atoms with Crippen LogP contribution in [0.3, 0.4) is 0 Å². The summed E-state index contributed by atoms with van der Waals surface area (Å²) in [6, 6.07) is 11.8. The molecule has 0 fully saturated rings. The van der Waals surface area contributed by atoms with Gasteiger partial charge in [-0.25, -0.2) is 9.78 Å². The molecule has 6 heteroatoms. The summed E-state index contributed by atoms with van der Waals surface area (Å²) in [5.74, 6) is 1.48. The van der Waals surface area contributed by atoms with Gasteiger partial charge in [-0.05, 0) is 43.7 Å². The molecule has 26 heavy (non-hydrogen) atoms. The van der Waals surface area contributed by atoms with Crippen LogP contribution in [0.1, 0.15) is 16.7 Å². The highest BCUT2D eigenvalue weighted by molar-refractivity contribution is 5.86. The van der Waals surface area contributed by atoms with Crippen molar-refractivity contribution in [2.24, 2.45) is 0 Å². The normalized spacial score (nSPS) is 13.8. The fourth-order valence-corrected chi connectivity index (χ4v) is 3.44. The van der Waals surface area contributed by atoms with Crippen LogP contribution in [-0.2, 0) is 6.54 Å². The predicted molar refractivity (Wildman–Crippen MR) is 99.7 cm³/mol. The molecule has 0 radical (unpaired) electrons. The van der Waals surface area contributed by atoms with Crippen molar-refractivity contribution in [1.82, 2.24) is 9.97 Å². The van der Waals surface area contributed by atoms with Gasteiger partial charge in [-0.15, -0.1) is 0 Å². The molecule has 0 bridgehead atoms. The van der Waals surface area contributed by atoms with Gasteiger partial charge in [-0.3, -0.25) is 0 Å². The molecule has 2 aromatic heterocycles. The maximum atomic E-state index is 12.2. The Balaban J connectivity index is 1.64. The molecule has 0 atom stereocenters. The number of aromatic nitrogens is 2. The average Bonchev–Trinajstić information content (AvgIpc) is 3.10. The second kappa shape index (κ2) is 5.36. The summed E-state index contributed by atoms with van der Waals surface area (Å²) in [6.07, 6.45) is 0. The molecular weight excluding hydrogens is 330 g/mol. The molecule has 1 aliphatic rings. The maximum Gasteiger partial charge on any atom is 0.339 e. The predicted octanol–water partition coefficient (Wildman–Crippen LogP) is 3.64. The second-order valence-electron chi connectivity index (χ2n) is 6.61. The van der Waals surface area contributed by atoms with Gasteiger partial charge in [0.1, 0.15) is 11.3 Å². The smallest absolute Gasteiger partial charge is 0.339 e. The van der Waals surface area contributed by atoms with E-state index in [9.17, 15) is 4.79 Å². The number of rotatable bonds is 1. The number of nitrogens with zero attached hydrogens (tertiary/aromatic N) is 2. The summed E-state index contributed by atoms with van der Waals surface area (Å²) in [7, 11) is 0. The molecule has 0 unspecified atom stereocenters. The van der Waals surface area contributed by atoms with Gasteiger partial charge in [-0.1, -0.05) is 12.1 Å². The van der Waals surface area contributed by atoms with Crippen LogP contribution in [0.4, 0.5) is 5.95 Å². The Kier molecular flexibility index (Phi) is 3.09. The Morgan fingerprint density at radius 3 is 2.81 bits per heavy atom. The number of anilines is 1. The lowest BCUT2D eigenvalue weighted by atomic mass is 10.0. The summed E-state index contributed by atoms with van der Waals surface area (Å²) in [4.78, 5) is 22.1. The van der Waals surface area contributed by atoms with Gasteiger partial charge in [0.2, 0.25) is 5.95 Å². The number of fused-ring (bicyclic) bond motifs is 4. The van der Waals surface area contributed by atoms with Gasteiger partial charge < -0.3 is 19.0 Å². The maximum absolute atomic E-state index is 12.2. The first-order valence-corrected chi connectivity index (χ1v) is 8.50. The van der Waals surface area contributed by atoms with Crippen LogP contribution in [0.2, 0.25) is 0 Å². The molecule has 2 aromatic carbocycles. The summed E-state index contributed by atoms with van der Waals surface area (Å²) in [6.45, 7) is 4.67. The average molecular weight is 347 g/mol. The van der Waals surface area contributed by atoms with Crippen molar-refractivity contribution in [2.45, 2.75) is 20.4 Å². The topological polar surface area (TPSA) is 71.4 Å². The van der Waals surface area contributed by atoms with Crippen LogP contribution in [0.25, 0.3) is 22.0 Å². The molecule has 0 saturated heterocycles. The quantitative estimate of drug-likeness (QED) is 0.532. The zero-order chi connectivity index (χ0) is 17.8. The van der Waals surface area contributed by atoms with Gasteiger partial charge in [0.15, 0.2) is 6.73 Å². The molecule has 1 aliphatic heterocycles. The highest BCUT2D eigenvalue weighted by Crippen LogP contribution is 2.34. The second-order valence-corrected chi connectivity index (χ2v) is 6.61. The van der Waals surface area contributed by atoms with Gasteiger partial charge in [0.25, 0.3) is 0 Å². The number of hydrogen-bond acceptors (Lipinski definition) is 5. The lowest BCUT2D eigenvalue weighted by molar-refractivity contribution is 0.287. The standard InChI is InChI=1S/C20H17N3O3/c1-11-12(2)19(24)26-18-13(11)7-8-17-14(18)9-23(10-25-17)20-21-15-5-3-4-6-16(15)22-20/h3-8H,9-10H2,1-2H3,(H,21,22). The number of H-pyrrole nitrogens is 1. The van der Waals surface area contributed by atoms with Crippen LogP contribution < -0.4 is 15.3 Å². The lowest BCUT2D eigenvalue weighted by Crippen LogP contribution is -2.33. The van der Waals surface area contributed by atoms with Gasteiger partial charge in [0, 0.05) is 10.9 Å². The summed E-state index contributed by atoms with van der Waals surface area (Å²) < 4.78 is 11.5. The highest BCUT2D eigenvalue weighted by atomic mass is 16.5. The van der Waals surface area contributed by atoms with Crippen molar-refractivity contribution in [3.05, 3.63) is 63.5 Å². The Morgan fingerprint density at radius 2 is 1.96 bits per heavy atom. The third-order valence-corrected chi connectivity index (χ3v) is 5.09. The van der Waals surface area contributed by atoms with Crippen molar-refractivity contribution in [3.63, 3.8) is 0 Å². The molecule has 3 heterocycles. The number of imidazole rings is 1. The minimum Gasteiger partial charge on any atom is -0.473 e. The molecular formula is C20H17N3O3. The summed E-state index contributed by atoms with van der Waals surface area (Å²) in [5.41, 5.74) is 4.63. The lowest BCUT2D eigenvalue weighted by Gasteiger charge is -2.29. The molecule has 1 N–H and O–H groups in total. The Hall–Kier alpha value is -3.28. The van der Waals surface area contributed by atoms with E-state index in [0.29, 0.717) is 24.4 Å². The van der Waals surface area contributed by atoms with E-state index in [-0.39, 0.29) is 5.63 Å². The van der Waals surface area contributed by atoms with Crippen LogP contribution in [-0.4, -0.2) is 16.7 Å². The molecule has 130 valence electrons. The van der Waals surface area contributed by atoms with Gasteiger partial charge >= 0.3 is 5.63 Å². The SMILES string of the molecule is Cc1c(C)c2ccc3c(c2oc1=O)CN(c1nc2ccccc2[nH]1)CO3. The molecule has 0 spiro atoms. The number of benzene rings is 2. The van der Waals surface area contributed by atoms with Crippen molar-refractivity contribution < 1.29 is 9.15 Å². The fraction of sp³-hybridized carbons (Fsp3) is 0.200. The third kappa shape index (κ3) is 2.12. The monoisotopic (exact) mass is 347 g/mol. The van der Waals surface area contributed by atoms with E-state index in [1.54, 1.807) is 6.92 Å². The minimum atomic E-state index is -0.302. The summed E-state index contributed by atoms with van der Waals surface area (Å²) >= 11 is 0. The number of aryl methyl sites for hydroxylation is 1. The number of hydrogen-bond donors (Lipinski definition) is 1. The number of ether oxygens (including phenoxy) is 1. The fourth-order valence-electron chi connectivity index (χ4n) is 3.44. The van der Waals surface area contributed by atoms with E-state index in [2.05, 4.69) is 9.97 Å². The Labute approximate surface area is 149 Å². The van der Waals surface area contributed by atoms with E-state index < -0.39 is 0 Å². The Morgan fingerprint density at radius 1 is 1.12 bits per heavy atom. The van der Waals surface area contributed by atoms with Crippen molar-refractivity contribution in [1.29, 1.82) is 0 Å². The largest absolute Gasteiger partial charge is 0.473 e.